The smallest absolute Gasteiger partial charge is 0.183 e. The van der Waals surface area contributed by atoms with Crippen molar-refractivity contribution in [2.45, 2.75) is 6.54 Å². The maximum atomic E-state index is 5.57. The summed E-state index contributed by atoms with van der Waals surface area (Å²) in [6.07, 6.45) is 0. The summed E-state index contributed by atoms with van der Waals surface area (Å²) in [5.41, 5.74) is 0.929. The van der Waals surface area contributed by atoms with Crippen LogP contribution in [0, 0.1) is 0 Å². The standard InChI is InChI=1S/C13H10Br3NO3/c14-8-4-11-12(19-2-1-18-11)5-10(8)17-6-7-3-9(15)13(16)20-7/h3-5,17H,1-2,6H2. The van der Waals surface area contributed by atoms with Gasteiger partial charge >= 0.3 is 0 Å². The third-order valence-electron chi connectivity index (χ3n) is 2.78. The van der Waals surface area contributed by atoms with Crippen molar-refractivity contribution in [2.24, 2.45) is 0 Å². The van der Waals surface area contributed by atoms with Gasteiger partial charge in [-0.1, -0.05) is 0 Å². The van der Waals surface area contributed by atoms with Crippen LogP contribution in [0.3, 0.4) is 0 Å². The molecule has 0 bridgehead atoms. The molecule has 106 valence electrons. The van der Waals surface area contributed by atoms with Crippen molar-refractivity contribution in [3.63, 3.8) is 0 Å². The van der Waals surface area contributed by atoms with E-state index in [1.165, 1.54) is 0 Å². The highest BCUT2D eigenvalue weighted by molar-refractivity contribution is 9.13. The van der Waals surface area contributed by atoms with E-state index in [4.69, 9.17) is 13.9 Å². The molecular formula is C13H10Br3NO3. The average Bonchev–Trinajstić information content (AvgIpc) is 2.75. The quantitative estimate of drug-likeness (QED) is 0.693. The number of hydrogen-bond acceptors (Lipinski definition) is 4. The van der Waals surface area contributed by atoms with Crippen LogP contribution >= 0.6 is 47.8 Å². The predicted octanol–water partition coefficient (Wildman–Crippen LogP) is 4.95. The number of fused-ring (bicyclic) bond motifs is 1. The van der Waals surface area contributed by atoms with Gasteiger partial charge in [-0.2, -0.15) is 0 Å². The van der Waals surface area contributed by atoms with Crippen molar-refractivity contribution in [3.8, 4) is 11.5 Å². The van der Waals surface area contributed by atoms with Gasteiger partial charge in [0.25, 0.3) is 0 Å². The van der Waals surface area contributed by atoms with Crippen LogP contribution in [0.2, 0.25) is 0 Å². The Labute approximate surface area is 141 Å². The minimum absolute atomic E-state index is 0.572. The van der Waals surface area contributed by atoms with E-state index in [1.54, 1.807) is 0 Å². The maximum Gasteiger partial charge on any atom is 0.183 e. The molecule has 4 nitrogen and oxygen atoms in total. The lowest BCUT2D eigenvalue weighted by atomic mass is 10.2. The molecular weight excluding hydrogens is 458 g/mol. The molecule has 2 aromatic rings. The van der Waals surface area contributed by atoms with E-state index in [-0.39, 0.29) is 0 Å². The summed E-state index contributed by atoms with van der Waals surface area (Å²) in [6, 6.07) is 5.75. The minimum Gasteiger partial charge on any atom is -0.486 e. The fourth-order valence-corrected chi connectivity index (χ4v) is 2.98. The number of rotatable bonds is 3. The van der Waals surface area contributed by atoms with Gasteiger partial charge in [-0.05, 0) is 53.9 Å². The van der Waals surface area contributed by atoms with Crippen molar-refractivity contribution < 1.29 is 13.9 Å². The Balaban J connectivity index is 1.77. The number of halogens is 3. The molecule has 0 radical (unpaired) electrons. The van der Waals surface area contributed by atoms with E-state index in [0.29, 0.717) is 24.4 Å². The van der Waals surface area contributed by atoms with Crippen molar-refractivity contribution in [2.75, 3.05) is 18.5 Å². The van der Waals surface area contributed by atoms with Crippen LogP contribution in [-0.4, -0.2) is 13.2 Å². The topological polar surface area (TPSA) is 43.6 Å². The molecule has 0 saturated heterocycles. The number of anilines is 1. The maximum absolute atomic E-state index is 5.57. The fourth-order valence-electron chi connectivity index (χ4n) is 1.86. The second kappa shape index (κ2) is 5.99. The van der Waals surface area contributed by atoms with Gasteiger partial charge in [0, 0.05) is 16.6 Å². The lowest BCUT2D eigenvalue weighted by Crippen LogP contribution is -2.15. The van der Waals surface area contributed by atoms with Crippen molar-refractivity contribution in [1.82, 2.24) is 0 Å². The van der Waals surface area contributed by atoms with Crippen LogP contribution in [-0.2, 0) is 6.54 Å². The lowest BCUT2D eigenvalue weighted by Gasteiger charge is -2.20. The summed E-state index contributed by atoms with van der Waals surface area (Å²) in [4.78, 5) is 0. The zero-order valence-corrected chi connectivity index (χ0v) is 15.0. The van der Waals surface area contributed by atoms with E-state index in [9.17, 15) is 0 Å². The van der Waals surface area contributed by atoms with E-state index in [0.717, 1.165) is 31.9 Å². The Kier molecular flexibility index (Phi) is 4.28. The molecule has 2 heterocycles. The zero-order valence-electron chi connectivity index (χ0n) is 10.2. The molecule has 1 aliphatic rings. The van der Waals surface area contributed by atoms with Crippen molar-refractivity contribution >= 4 is 53.5 Å². The van der Waals surface area contributed by atoms with E-state index in [2.05, 4.69) is 53.1 Å². The average molecular weight is 468 g/mol. The van der Waals surface area contributed by atoms with Crippen molar-refractivity contribution in [1.29, 1.82) is 0 Å². The second-order valence-electron chi connectivity index (χ2n) is 4.16. The minimum atomic E-state index is 0.572. The molecule has 1 N–H and O–H groups in total. The van der Waals surface area contributed by atoms with Gasteiger partial charge in [-0.3, -0.25) is 0 Å². The van der Waals surface area contributed by atoms with Gasteiger partial charge in [0.05, 0.1) is 16.7 Å². The molecule has 1 aromatic heterocycles. The van der Waals surface area contributed by atoms with Gasteiger partial charge in [0.2, 0.25) is 0 Å². The van der Waals surface area contributed by atoms with Crippen LogP contribution in [0.4, 0.5) is 5.69 Å². The van der Waals surface area contributed by atoms with Gasteiger partial charge < -0.3 is 19.2 Å². The van der Waals surface area contributed by atoms with Crippen LogP contribution < -0.4 is 14.8 Å². The number of ether oxygens (including phenoxy) is 2. The number of hydrogen-bond donors (Lipinski definition) is 1. The van der Waals surface area contributed by atoms with Gasteiger partial charge in [-0.25, -0.2) is 0 Å². The van der Waals surface area contributed by atoms with Crippen LogP contribution in [0.1, 0.15) is 5.76 Å². The lowest BCUT2D eigenvalue weighted by molar-refractivity contribution is 0.171. The molecule has 0 aliphatic carbocycles. The number of furan rings is 1. The molecule has 7 heteroatoms. The van der Waals surface area contributed by atoms with Crippen LogP contribution in [0.5, 0.6) is 11.5 Å². The molecule has 0 atom stereocenters. The number of nitrogens with one attached hydrogen (secondary N) is 1. The fraction of sp³-hybridized carbons (Fsp3) is 0.231. The summed E-state index contributed by atoms with van der Waals surface area (Å²) >= 11 is 10.2. The summed E-state index contributed by atoms with van der Waals surface area (Å²) < 4.78 is 19.1. The molecule has 0 fully saturated rings. The summed E-state index contributed by atoms with van der Waals surface area (Å²) in [5.74, 6) is 2.34. The Bertz CT molecular complexity index is 623. The number of benzene rings is 1. The summed E-state index contributed by atoms with van der Waals surface area (Å²) in [6.45, 7) is 1.73. The van der Waals surface area contributed by atoms with Crippen LogP contribution in [0.15, 0.2) is 36.2 Å². The highest BCUT2D eigenvalue weighted by Crippen LogP contribution is 2.38. The highest BCUT2D eigenvalue weighted by atomic mass is 79.9. The summed E-state index contributed by atoms with van der Waals surface area (Å²) in [5, 5.41) is 3.30. The molecule has 0 saturated carbocycles. The van der Waals surface area contributed by atoms with E-state index >= 15 is 0 Å². The van der Waals surface area contributed by atoms with E-state index < -0.39 is 0 Å². The van der Waals surface area contributed by atoms with Gasteiger partial charge in [-0.15, -0.1) is 0 Å². The molecule has 0 spiro atoms. The highest BCUT2D eigenvalue weighted by Gasteiger charge is 2.15. The summed E-state index contributed by atoms with van der Waals surface area (Å²) in [7, 11) is 0. The zero-order chi connectivity index (χ0) is 14.1. The SMILES string of the molecule is Brc1cc2c(cc1NCc1cc(Br)c(Br)o1)OCCO2. The van der Waals surface area contributed by atoms with E-state index in [1.807, 2.05) is 18.2 Å². The largest absolute Gasteiger partial charge is 0.486 e. The first-order chi connectivity index (χ1) is 9.63. The molecule has 0 amide bonds. The predicted molar refractivity (Wildman–Crippen MR) is 86.6 cm³/mol. The molecule has 20 heavy (non-hydrogen) atoms. The first-order valence-corrected chi connectivity index (χ1v) is 8.28. The van der Waals surface area contributed by atoms with Gasteiger partial charge in [0.15, 0.2) is 16.2 Å². The normalized spacial score (nSPS) is 13.3. The third kappa shape index (κ3) is 2.99. The van der Waals surface area contributed by atoms with Gasteiger partial charge in [0.1, 0.15) is 19.0 Å². The second-order valence-corrected chi connectivity index (χ2v) is 6.59. The van der Waals surface area contributed by atoms with Crippen molar-refractivity contribution in [3.05, 3.63) is 37.6 Å². The molecule has 3 rings (SSSR count). The Morgan fingerprint density at radius 1 is 0.950 bits per heavy atom. The first kappa shape index (κ1) is 14.3. The third-order valence-corrected chi connectivity index (χ3v) is 5.15. The molecule has 1 aliphatic heterocycles. The van der Waals surface area contributed by atoms with Crippen LogP contribution in [0.25, 0.3) is 0 Å². The Morgan fingerprint density at radius 2 is 1.65 bits per heavy atom. The monoisotopic (exact) mass is 465 g/mol. The molecule has 0 unspecified atom stereocenters. The Hall–Kier alpha value is -0.660. The molecule has 1 aromatic carbocycles. The first-order valence-electron chi connectivity index (χ1n) is 5.90. The Morgan fingerprint density at radius 3 is 2.30 bits per heavy atom.